The van der Waals surface area contributed by atoms with Gasteiger partial charge in [-0.25, -0.2) is 0 Å². The van der Waals surface area contributed by atoms with Crippen LogP contribution in [-0.4, -0.2) is 0 Å². The highest BCUT2D eigenvalue weighted by Gasteiger charge is 2.02. The fourth-order valence-corrected chi connectivity index (χ4v) is 1.94. The van der Waals surface area contributed by atoms with Crippen molar-refractivity contribution in [2.45, 2.75) is 44.9 Å². The van der Waals surface area contributed by atoms with Gasteiger partial charge in [-0.2, -0.15) is 0 Å². The normalized spacial score (nSPS) is 20.9. The van der Waals surface area contributed by atoms with Gasteiger partial charge in [0.05, 0.1) is 0 Å². The Bertz CT molecular complexity index is 255. The maximum absolute atomic E-state index is 3.73. The van der Waals surface area contributed by atoms with Crippen molar-refractivity contribution in [1.82, 2.24) is 0 Å². The molecule has 0 saturated carbocycles. The lowest BCUT2D eigenvalue weighted by molar-refractivity contribution is 0.601. The van der Waals surface area contributed by atoms with Crippen molar-refractivity contribution >= 4 is 0 Å². The number of allylic oxidation sites excluding steroid dienone is 7. The minimum Gasteiger partial charge on any atom is -0.103 e. The Morgan fingerprint density at radius 2 is 2.06 bits per heavy atom. The molecule has 0 N–H and O–H groups in total. The van der Waals surface area contributed by atoms with Crippen LogP contribution in [0.1, 0.15) is 44.9 Å². The van der Waals surface area contributed by atoms with Gasteiger partial charge >= 0.3 is 0 Å². The van der Waals surface area contributed by atoms with Gasteiger partial charge in [-0.15, -0.1) is 6.58 Å². The molecule has 1 rings (SSSR count). The molecule has 0 radical (unpaired) electrons. The Kier molecular flexibility index (Phi) is 7.49. The molecule has 1 aliphatic rings. The van der Waals surface area contributed by atoms with Crippen LogP contribution in [0.4, 0.5) is 0 Å². The van der Waals surface area contributed by atoms with E-state index >= 15 is 0 Å². The standard InChI is InChI=1S/C16H24/c1-2-3-4-5-7-10-13-16-14-11-8-6-9-12-15-16/h2,6-8,10,12,15-16H,1,3-5,9,11,13-14H2. The second-order valence-electron chi connectivity index (χ2n) is 4.40. The average molecular weight is 216 g/mol. The van der Waals surface area contributed by atoms with Gasteiger partial charge in [0.2, 0.25) is 0 Å². The lowest BCUT2D eigenvalue weighted by Crippen LogP contribution is -1.95. The minimum atomic E-state index is 0.751. The molecule has 0 amide bonds. The Hall–Kier alpha value is -1.04. The van der Waals surface area contributed by atoms with Crippen LogP contribution >= 0.6 is 0 Å². The summed E-state index contributed by atoms with van der Waals surface area (Å²) in [7, 11) is 0. The Morgan fingerprint density at radius 1 is 1.12 bits per heavy atom. The van der Waals surface area contributed by atoms with E-state index < -0.39 is 0 Å². The molecule has 1 unspecified atom stereocenters. The molecule has 0 aliphatic heterocycles. The maximum Gasteiger partial charge on any atom is -0.0169 e. The zero-order valence-electron chi connectivity index (χ0n) is 10.3. The van der Waals surface area contributed by atoms with E-state index in [4.69, 9.17) is 0 Å². The Balaban J connectivity index is 2.15. The van der Waals surface area contributed by atoms with Crippen molar-refractivity contribution in [1.29, 1.82) is 0 Å². The van der Waals surface area contributed by atoms with E-state index in [0.29, 0.717) is 0 Å². The second kappa shape index (κ2) is 9.21. The summed E-state index contributed by atoms with van der Waals surface area (Å²) in [6.07, 6.45) is 24.4. The summed E-state index contributed by atoms with van der Waals surface area (Å²) in [4.78, 5) is 0. The summed E-state index contributed by atoms with van der Waals surface area (Å²) in [5.41, 5.74) is 0. The molecule has 0 fully saturated rings. The lowest BCUT2D eigenvalue weighted by Gasteiger charge is -2.10. The van der Waals surface area contributed by atoms with Crippen molar-refractivity contribution in [3.8, 4) is 0 Å². The van der Waals surface area contributed by atoms with Gasteiger partial charge in [0.25, 0.3) is 0 Å². The first-order valence-electron chi connectivity index (χ1n) is 6.51. The zero-order chi connectivity index (χ0) is 11.5. The Labute approximate surface area is 100 Å². The Morgan fingerprint density at radius 3 is 2.94 bits per heavy atom. The summed E-state index contributed by atoms with van der Waals surface area (Å²) < 4.78 is 0. The molecule has 88 valence electrons. The molecule has 1 aliphatic carbocycles. The van der Waals surface area contributed by atoms with E-state index in [1.54, 1.807) is 0 Å². The minimum absolute atomic E-state index is 0.751. The molecule has 1 atom stereocenters. The number of hydrogen-bond donors (Lipinski definition) is 0. The average Bonchev–Trinajstić information content (AvgIpc) is 2.25. The molecular formula is C16H24. The van der Waals surface area contributed by atoms with Crippen LogP contribution in [0.15, 0.2) is 49.1 Å². The highest BCUT2D eigenvalue weighted by Crippen LogP contribution is 2.17. The molecular weight excluding hydrogens is 192 g/mol. The molecule has 0 heteroatoms. The first-order chi connectivity index (χ1) is 7.93. The SMILES string of the molecule is C=CCCCC=CCC1C=CCC=CCC1. The van der Waals surface area contributed by atoms with Gasteiger partial charge in [-0.05, 0) is 50.9 Å². The van der Waals surface area contributed by atoms with Gasteiger partial charge in [0, 0.05) is 0 Å². The van der Waals surface area contributed by atoms with E-state index in [9.17, 15) is 0 Å². The predicted molar refractivity (Wildman–Crippen MR) is 73.4 cm³/mol. The summed E-state index contributed by atoms with van der Waals surface area (Å²) in [6, 6.07) is 0. The van der Waals surface area contributed by atoms with Crippen LogP contribution in [-0.2, 0) is 0 Å². The van der Waals surface area contributed by atoms with Crippen molar-refractivity contribution in [3.63, 3.8) is 0 Å². The van der Waals surface area contributed by atoms with Crippen LogP contribution in [0, 0.1) is 5.92 Å². The van der Waals surface area contributed by atoms with Crippen LogP contribution in [0.25, 0.3) is 0 Å². The van der Waals surface area contributed by atoms with Gasteiger partial charge in [-0.3, -0.25) is 0 Å². The van der Waals surface area contributed by atoms with E-state index in [1.165, 1.54) is 32.1 Å². The summed E-state index contributed by atoms with van der Waals surface area (Å²) in [6.45, 7) is 3.73. The predicted octanol–water partition coefficient (Wildman–Crippen LogP) is 5.20. The highest BCUT2D eigenvalue weighted by atomic mass is 14.1. The fourth-order valence-electron chi connectivity index (χ4n) is 1.94. The molecule has 0 saturated heterocycles. The van der Waals surface area contributed by atoms with Crippen molar-refractivity contribution in [2.75, 3.05) is 0 Å². The molecule has 16 heavy (non-hydrogen) atoms. The summed E-state index contributed by atoms with van der Waals surface area (Å²) >= 11 is 0. The van der Waals surface area contributed by atoms with Crippen LogP contribution in [0.3, 0.4) is 0 Å². The molecule has 0 spiro atoms. The van der Waals surface area contributed by atoms with Gasteiger partial charge < -0.3 is 0 Å². The lowest BCUT2D eigenvalue weighted by atomic mass is 9.96. The smallest absolute Gasteiger partial charge is 0.0169 e. The van der Waals surface area contributed by atoms with Gasteiger partial charge in [-0.1, -0.05) is 42.5 Å². The molecule has 0 bridgehead atoms. The van der Waals surface area contributed by atoms with E-state index in [-0.39, 0.29) is 0 Å². The third-order valence-electron chi connectivity index (χ3n) is 2.94. The van der Waals surface area contributed by atoms with Gasteiger partial charge in [0.1, 0.15) is 0 Å². The van der Waals surface area contributed by atoms with Crippen LogP contribution in [0.5, 0.6) is 0 Å². The van der Waals surface area contributed by atoms with Crippen LogP contribution < -0.4 is 0 Å². The largest absolute Gasteiger partial charge is 0.103 e. The summed E-state index contributed by atoms with van der Waals surface area (Å²) in [5.74, 6) is 0.751. The molecule has 0 heterocycles. The molecule has 0 aromatic heterocycles. The third-order valence-corrected chi connectivity index (χ3v) is 2.94. The van der Waals surface area contributed by atoms with Gasteiger partial charge in [0.15, 0.2) is 0 Å². The zero-order valence-corrected chi connectivity index (χ0v) is 10.3. The quantitative estimate of drug-likeness (QED) is 0.423. The second-order valence-corrected chi connectivity index (χ2v) is 4.40. The van der Waals surface area contributed by atoms with E-state index in [1.807, 2.05) is 6.08 Å². The maximum atomic E-state index is 3.73. The fraction of sp³-hybridized carbons (Fsp3) is 0.500. The highest BCUT2D eigenvalue weighted by molar-refractivity contribution is 5.01. The number of unbranched alkanes of at least 4 members (excludes halogenated alkanes) is 2. The summed E-state index contributed by atoms with van der Waals surface area (Å²) in [5, 5.41) is 0. The number of hydrogen-bond acceptors (Lipinski definition) is 0. The van der Waals surface area contributed by atoms with E-state index in [2.05, 4.69) is 43.0 Å². The number of rotatable bonds is 6. The van der Waals surface area contributed by atoms with Crippen molar-refractivity contribution < 1.29 is 0 Å². The molecule has 0 aromatic rings. The monoisotopic (exact) mass is 216 g/mol. The molecule has 0 aromatic carbocycles. The third kappa shape index (κ3) is 6.44. The topological polar surface area (TPSA) is 0 Å². The first kappa shape index (κ1) is 13.0. The first-order valence-corrected chi connectivity index (χ1v) is 6.51. The van der Waals surface area contributed by atoms with Crippen LogP contribution in [0.2, 0.25) is 0 Å². The van der Waals surface area contributed by atoms with E-state index in [0.717, 1.165) is 18.8 Å². The van der Waals surface area contributed by atoms with Crippen molar-refractivity contribution in [2.24, 2.45) is 5.92 Å². The van der Waals surface area contributed by atoms with Crippen molar-refractivity contribution in [3.05, 3.63) is 49.1 Å². The molecule has 0 nitrogen and oxygen atoms in total.